The maximum Gasteiger partial charge on any atom is 0.123 e. The Balaban J connectivity index is 1.93. The molecule has 0 amide bonds. The van der Waals surface area contributed by atoms with E-state index in [0.29, 0.717) is 6.04 Å². The molecule has 3 heteroatoms. The van der Waals surface area contributed by atoms with E-state index in [-0.39, 0.29) is 0 Å². The van der Waals surface area contributed by atoms with Crippen molar-refractivity contribution in [1.82, 2.24) is 5.32 Å². The zero-order valence-electron chi connectivity index (χ0n) is 12.8. The first kappa shape index (κ1) is 16.1. The summed E-state index contributed by atoms with van der Waals surface area (Å²) < 4.78 is 6.54. The van der Waals surface area contributed by atoms with Crippen molar-refractivity contribution in [2.24, 2.45) is 0 Å². The zero-order chi connectivity index (χ0) is 15.2. The molecule has 0 saturated carbocycles. The lowest BCUT2D eigenvalue weighted by molar-refractivity contribution is 0.405. The van der Waals surface area contributed by atoms with E-state index in [1.807, 2.05) is 6.07 Å². The van der Waals surface area contributed by atoms with Gasteiger partial charge in [-0.05, 0) is 44.0 Å². The van der Waals surface area contributed by atoms with E-state index in [2.05, 4.69) is 71.5 Å². The zero-order valence-corrected chi connectivity index (χ0v) is 14.4. The van der Waals surface area contributed by atoms with Gasteiger partial charge < -0.3 is 10.1 Å². The van der Waals surface area contributed by atoms with E-state index in [4.69, 9.17) is 4.74 Å². The van der Waals surface area contributed by atoms with Crippen LogP contribution in [-0.4, -0.2) is 13.2 Å². The van der Waals surface area contributed by atoms with Crippen LogP contribution in [0.25, 0.3) is 0 Å². The number of hydrogen-bond acceptors (Lipinski definition) is 2. The van der Waals surface area contributed by atoms with Gasteiger partial charge in [0.2, 0.25) is 0 Å². The van der Waals surface area contributed by atoms with Gasteiger partial charge in [-0.2, -0.15) is 0 Å². The Morgan fingerprint density at radius 1 is 1.14 bits per heavy atom. The van der Waals surface area contributed by atoms with E-state index in [0.717, 1.165) is 23.2 Å². The Hall–Kier alpha value is -1.32. The van der Waals surface area contributed by atoms with Crippen molar-refractivity contribution in [2.75, 3.05) is 7.11 Å². The standard InChI is InChI=1S/C18H22BrNO/c1-13-4-9-18(21-3)16(10-13)12-20-14(2)11-15-5-7-17(19)8-6-15/h4-10,14,20H,11-12H2,1-3H3. The number of benzene rings is 2. The number of ether oxygens (including phenoxy) is 1. The molecule has 0 heterocycles. The van der Waals surface area contributed by atoms with Crippen LogP contribution in [0, 0.1) is 6.92 Å². The van der Waals surface area contributed by atoms with Crippen molar-refractivity contribution < 1.29 is 4.74 Å². The van der Waals surface area contributed by atoms with Gasteiger partial charge in [0, 0.05) is 22.6 Å². The minimum atomic E-state index is 0.413. The summed E-state index contributed by atoms with van der Waals surface area (Å²) in [5, 5.41) is 3.57. The molecule has 1 unspecified atom stereocenters. The molecule has 2 aromatic rings. The second-order valence-electron chi connectivity index (χ2n) is 5.43. The maximum atomic E-state index is 5.42. The van der Waals surface area contributed by atoms with Crippen molar-refractivity contribution in [1.29, 1.82) is 0 Å². The van der Waals surface area contributed by atoms with Gasteiger partial charge in [0.25, 0.3) is 0 Å². The summed E-state index contributed by atoms with van der Waals surface area (Å²) in [7, 11) is 1.72. The molecule has 0 fully saturated rings. The lowest BCUT2D eigenvalue weighted by Crippen LogP contribution is -2.27. The van der Waals surface area contributed by atoms with E-state index in [1.165, 1.54) is 16.7 Å². The summed E-state index contributed by atoms with van der Waals surface area (Å²) in [5.41, 5.74) is 3.81. The van der Waals surface area contributed by atoms with Crippen molar-refractivity contribution in [2.45, 2.75) is 32.9 Å². The fourth-order valence-electron chi connectivity index (χ4n) is 2.38. The van der Waals surface area contributed by atoms with Crippen LogP contribution in [0.1, 0.15) is 23.6 Å². The molecule has 1 atom stereocenters. The Kier molecular flexibility index (Phi) is 5.83. The Morgan fingerprint density at radius 2 is 1.86 bits per heavy atom. The highest BCUT2D eigenvalue weighted by Crippen LogP contribution is 2.19. The molecule has 0 saturated heterocycles. The average molecular weight is 348 g/mol. The first-order valence-corrected chi connectivity index (χ1v) is 7.99. The maximum absolute atomic E-state index is 5.42. The van der Waals surface area contributed by atoms with Crippen LogP contribution in [0.3, 0.4) is 0 Å². The molecule has 0 bridgehead atoms. The predicted molar refractivity (Wildman–Crippen MR) is 91.9 cm³/mol. The highest BCUT2D eigenvalue weighted by atomic mass is 79.9. The molecule has 2 aromatic carbocycles. The Labute approximate surface area is 135 Å². The topological polar surface area (TPSA) is 21.3 Å². The number of halogens is 1. The molecule has 2 rings (SSSR count). The SMILES string of the molecule is COc1ccc(C)cc1CNC(C)Cc1ccc(Br)cc1. The minimum absolute atomic E-state index is 0.413. The van der Waals surface area contributed by atoms with Gasteiger partial charge in [0.1, 0.15) is 5.75 Å². The van der Waals surface area contributed by atoms with E-state index in [1.54, 1.807) is 7.11 Å². The molecule has 0 aliphatic carbocycles. The fraction of sp³-hybridized carbons (Fsp3) is 0.333. The summed E-state index contributed by atoms with van der Waals surface area (Å²) >= 11 is 3.47. The quantitative estimate of drug-likeness (QED) is 0.831. The molecule has 112 valence electrons. The van der Waals surface area contributed by atoms with E-state index >= 15 is 0 Å². The molecule has 0 radical (unpaired) electrons. The van der Waals surface area contributed by atoms with Crippen LogP contribution < -0.4 is 10.1 Å². The van der Waals surface area contributed by atoms with Crippen LogP contribution in [-0.2, 0) is 13.0 Å². The predicted octanol–water partition coefficient (Wildman–Crippen LogP) is 4.49. The largest absolute Gasteiger partial charge is 0.496 e. The molecular formula is C18H22BrNO. The highest BCUT2D eigenvalue weighted by molar-refractivity contribution is 9.10. The van der Waals surface area contributed by atoms with Crippen LogP contribution in [0.5, 0.6) is 5.75 Å². The summed E-state index contributed by atoms with van der Waals surface area (Å²) in [6.07, 6.45) is 1.02. The molecule has 2 nitrogen and oxygen atoms in total. The van der Waals surface area contributed by atoms with Crippen LogP contribution in [0.4, 0.5) is 0 Å². The smallest absolute Gasteiger partial charge is 0.123 e. The van der Waals surface area contributed by atoms with Crippen molar-refractivity contribution in [3.63, 3.8) is 0 Å². The molecule has 21 heavy (non-hydrogen) atoms. The summed E-state index contributed by atoms with van der Waals surface area (Å²) in [6, 6.07) is 15.2. The van der Waals surface area contributed by atoms with Crippen molar-refractivity contribution in [3.8, 4) is 5.75 Å². The van der Waals surface area contributed by atoms with Gasteiger partial charge in [-0.15, -0.1) is 0 Å². The number of rotatable bonds is 6. The average Bonchev–Trinajstić information content (AvgIpc) is 2.48. The van der Waals surface area contributed by atoms with E-state index < -0.39 is 0 Å². The second-order valence-corrected chi connectivity index (χ2v) is 6.34. The first-order valence-electron chi connectivity index (χ1n) is 7.20. The monoisotopic (exact) mass is 347 g/mol. The third-order valence-corrected chi connectivity index (χ3v) is 4.06. The second kappa shape index (κ2) is 7.62. The van der Waals surface area contributed by atoms with Crippen molar-refractivity contribution in [3.05, 3.63) is 63.6 Å². The summed E-state index contributed by atoms with van der Waals surface area (Å²) in [4.78, 5) is 0. The summed E-state index contributed by atoms with van der Waals surface area (Å²) in [5.74, 6) is 0.948. The highest BCUT2D eigenvalue weighted by Gasteiger charge is 2.07. The molecule has 0 aromatic heterocycles. The van der Waals surface area contributed by atoms with Gasteiger partial charge in [-0.1, -0.05) is 45.8 Å². The van der Waals surface area contributed by atoms with Gasteiger partial charge in [0.15, 0.2) is 0 Å². The lowest BCUT2D eigenvalue weighted by Gasteiger charge is -2.16. The third kappa shape index (κ3) is 4.87. The molecule has 0 aliphatic heterocycles. The first-order chi connectivity index (χ1) is 10.1. The van der Waals surface area contributed by atoms with Gasteiger partial charge >= 0.3 is 0 Å². The van der Waals surface area contributed by atoms with Gasteiger partial charge in [0.05, 0.1) is 7.11 Å². The molecular weight excluding hydrogens is 326 g/mol. The lowest BCUT2D eigenvalue weighted by atomic mass is 10.1. The fourth-order valence-corrected chi connectivity index (χ4v) is 2.64. The number of aryl methyl sites for hydroxylation is 1. The van der Waals surface area contributed by atoms with Crippen molar-refractivity contribution >= 4 is 15.9 Å². The number of hydrogen-bond donors (Lipinski definition) is 1. The van der Waals surface area contributed by atoms with Crippen LogP contribution >= 0.6 is 15.9 Å². The summed E-state index contributed by atoms with van der Waals surface area (Å²) in [6.45, 7) is 5.14. The Bertz CT molecular complexity index is 580. The van der Waals surface area contributed by atoms with Gasteiger partial charge in [-0.25, -0.2) is 0 Å². The van der Waals surface area contributed by atoms with E-state index in [9.17, 15) is 0 Å². The molecule has 0 aliphatic rings. The van der Waals surface area contributed by atoms with Gasteiger partial charge in [-0.3, -0.25) is 0 Å². The van der Waals surface area contributed by atoms with Crippen LogP contribution in [0.15, 0.2) is 46.9 Å². The molecule has 0 spiro atoms. The Morgan fingerprint density at radius 3 is 2.52 bits per heavy atom. The third-order valence-electron chi connectivity index (χ3n) is 3.53. The number of nitrogens with one attached hydrogen (secondary N) is 1. The van der Waals surface area contributed by atoms with Crippen LogP contribution in [0.2, 0.25) is 0 Å². The normalized spacial score (nSPS) is 12.2. The molecule has 1 N–H and O–H groups in total. The minimum Gasteiger partial charge on any atom is -0.496 e. The number of methoxy groups -OCH3 is 1.